The lowest BCUT2D eigenvalue weighted by atomic mass is 10.1. The lowest BCUT2D eigenvalue weighted by Crippen LogP contribution is -1.98. The highest BCUT2D eigenvalue weighted by Gasteiger charge is 2.20. The molecule has 0 aliphatic carbocycles. The van der Waals surface area contributed by atoms with E-state index in [4.69, 9.17) is 9.47 Å². The van der Waals surface area contributed by atoms with Gasteiger partial charge >= 0.3 is 0 Å². The average Bonchev–Trinajstić information content (AvgIpc) is 2.94. The number of carbonyl (C=O) groups excluding carboxylic acids is 1. The van der Waals surface area contributed by atoms with Gasteiger partial charge in [0.05, 0.1) is 5.56 Å². The van der Waals surface area contributed by atoms with Crippen molar-refractivity contribution in [3.05, 3.63) is 65.5 Å². The monoisotopic (exact) mass is 270 g/mol. The summed E-state index contributed by atoms with van der Waals surface area (Å²) in [6.45, 7) is 0.126. The smallest absolute Gasteiger partial charge is 0.231 e. The molecule has 0 aromatic heterocycles. The van der Waals surface area contributed by atoms with Gasteiger partial charge in [-0.2, -0.15) is 0 Å². The Morgan fingerprint density at radius 1 is 1.10 bits per heavy atom. The maximum atomic E-state index is 12.8. The Morgan fingerprint density at radius 3 is 2.70 bits per heavy atom. The minimum absolute atomic E-state index is 0.126. The maximum absolute atomic E-state index is 12.8. The van der Waals surface area contributed by atoms with Crippen molar-refractivity contribution in [1.82, 2.24) is 0 Å². The molecule has 3 rings (SSSR count). The second-order valence-corrected chi connectivity index (χ2v) is 4.29. The van der Waals surface area contributed by atoms with Gasteiger partial charge in [0.2, 0.25) is 6.79 Å². The number of fused-ring (bicyclic) bond motifs is 1. The normalized spacial score (nSPS) is 12.8. The van der Waals surface area contributed by atoms with E-state index in [1.165, 1.54) is 18.2 Å². The molecule has 0 amide bonds. The summed E-state index contributed by atoms with van der Waals surface area (Å²) < 4.78 is 23.3. The number of hydrogen-bond donors (Lipinski definition) is 0. The molecule has 100 valence electrons. The summed E-state index contributed by atoms with van der Waals surface area (Å²) in [5.41, 5.74) is 1.21. The summed E-state index contributed by atoms with van der Waals surface area (Å²) in [4.78, 5) is 12.1. The molecule has 0 unspecified atom stereocenters. The van der Waals surface area contributed by atoms with Gasteiger partial charge in [0.15, 0.2) is 17.3 Å². The summed E-state index contributed by atoms with van der Waals surface area (Å²) in [5, 5.41) is 0. The van der Waals surface area contributed by atoms with E-state index in [0.717, 1.165) is 5.56 Å². The summed E-state index contributed by atoms with van der Waals surface area (Å²) in [7, 11) is 0. The van der Waals surface area contributed by atoms with E-state index in [1.54, 1.807) is 36.4 Å². The summed E-state index contributed by atoms with van der Waals surface area (Å²) in [5.74, 6) is 0.559. The predicted molar refractivity (Wildman–Crippen MR) is 72.3 cm³/mol. The Morgan fingerprint density at radius 2 is 1.90 bits per heavy atom. The van der Waals surface area contributed by atoms with Crippen molar-refractivity contribution in [3.63, 3.8) is 0 Å². The van der Waals surface area contributed by atoms with E-state index in [1.807, 2.05) is 0 Å². The molecule has 0 spiro atoms. The van der Waals surface area contributed by atoms with Gasteiger partial charge in [-0.3, -0.25) is 4.79 Å². The van der Waals surface area contributed by atoms with E-state index < -0.39 is 0 Å². The van der Waals surface area contributed by atoms with Crippen molar-refractivity contribution in [2.45, 2.75) is 0 Å². The molecule has 0 fully saturated rings. The third-order valence-corrected chi connectivity index (χ3v) is 2.96. The first-order valence-corrected chi connectivity index (χ1v) is 6.10. The first-order chi connectivity index (χ1) is 9.74. The number of ether oxygens (including phenoxy) is 2. The van der Waals surface area contributed by atoms with Crippen LogP contribution in [0.4, 0.5) is 4.39 Å². The summed E-state index contributed by atoms with van der Waals surface area (Å²) in [6, 6.07) is 11.1. The van der Waals surface area contributed by atoms with Crippen molar-refractivity contribution in [3.8, 4) is 11.5 Å². The SMILES string of the molecule is O=C(C=Cc1ccc(F)cc1)c1cccc2c1OCO2. The molecule has 4 heteroatoms. The van der Waals surface area contributed by atoms with Crippen molar-refractivity contribution < 1.29 is 18.7 Å². The van der Waals surface area contributed by atoms with Gasteiger partial charge in [-0.1, -0.05) is 24.3 Å². The average molecular weight is 270 g/mol. The number of rotatable bonds is 3. The fraction of sp³-hybridized carbons (Fsp3) is 0.0625. The van der Waals surface area contributed by atoms with Crippen LogP contribution in [0.2, 0.25) is 0 Å². The van der Waals surface area contributed by atoms with Crippen LogP contribution in [0.1, 0.15) is 15.9 Å². The van der Waals surface area contributed by atoms with Crippen molar-refractivity contribution >= 4 is 11.9 Å². The topological polar surface area (TPSA) is 35.5 Å². The van der Waals surface area contributed by atoms with E-state index in [0.29, 0.717) is 17.1 Å². The number of benzene rings is 2. The Bertz CT molecular complexity index is 675. The van der Waals surface area contributed by atoms with E-state index in [9.17, 15) is 9.18 Å². The molecule has 1 aliphatic heterocycles. The third kappa shape index (κ3) is 2.40. The van der Waals surface area contributed by atoms with Crippen LogP contribution in [-0.2, 0) is 0 Å². The van der Waals surface area contributed by atoms with Crippen molar-refractivity contribution in [1.29, 1.82) is 0 Å². The molecule has 2 aromatic carbocycles. The zero-order valence-electron chi connectivity index (χ0n) is 10.5. The zero-order chi connectivity index (χ0) is 13.9. The van der Waals surface area contributed by atoms with Crippen LogP contribution < -0.4 is 9.47 Å². The van der Waals surface area contributed by atoms with Gasteiger partial charge < -0.3 is 9.47 Å². The van der Waals surface area contributed by atoms with Gasteiger partial charge in [-0.15, -0.1) is 0 Å². The summed E-state index contributed by atoms with van der Waals surface area (Å²) >= 11 is 0. The maximum Gasteiger partial charge on any atom is 0.231 e. The van der Waals surface area contributed by atoms with Crippen LogP contribution in [0.25, 0.3) is 6.08 Å². The highest BCUT2D eigenvalue weighted by Crippen LogP contribution is 2.35. The first-order valence-electron chi connectivity index (χ1n) is 6.10. The molecule has 2 aromatic rings. The fourth-order valence-electron chi connectivity index (χ4n) is 1.96. The number of hydrogen-bond acceptors (Lipinski definition) is 3. The van der Waals surface area contributed by atoms with Crippen LogP contribution in [-0.4, -0.2) is 12.6 Å². The summed E-state index contributed by atoms with van der Waals surface area (Å²) in [6.07, 6.45) is 3.07. The lowest BCUT2D eigenvalue weighted by molar-refractivity contribution is 0.104. The van der Waals surface area contributed by atoms with Crippen LogP contribution in [0, 0.1) is 5.82 Å². The molecule has 1 heterocycles. The fourth-order valence-corrected chi connectivity index (χ4v) is 1.96. The number of ketones is 1. The Kier molecular flexibility index (Phi) is 3.21. The first kappa shape index (κ1) is 12.4. The Labute approximate surface area is 115 Å². The highest BCUT2D eigenvalue weighted by molar-refractivity contribution is 6.09. The zero-order valence-corrected chi connectivity index (χ0v) is 10.5. The van der Waals surface area contributed by atoms with E-state index in [-0.39, 0.29) is 18.4 Å². The Hall–Kier alpha value is -2.62. The van der Waals surface area contributed by atoms with Gasteiger partial charge in [0, 0.05) is 0 Å². The second kappa shape index (κ2) is 5.17. The minimum Gasteiger partial charge on any atom is -0.454 e. The molecule has 0 saturated heterocycles. The molecule has 20 heavy (non-hydrogen) atoms. The van der Waals surface area contributed by atoms with E-state index >= 15 is 0 Å². The van der Waals surface area contributed by atoms with Gasteiger partial charge in [0.1, 0.15) is 5.82 Å². The van der Waals surface area contributed by atoms with Crippen molar-refractivity contribution in [2.75, 3.05) is 6.79 Å². The number of carbonyl (C=O) groups is 1. The molecule has 0 radical (unpaired) electrons. The van der Waals surface area contributed by atoms with Crippen LogP contribution in [0.3, 0.4) is 0 Å². The molecule has 0 atom stereocenters. The van der Waals surface area contributed by atoms with Crippen molar-refractivity contribution in [2.24, 2.45) is 0 Å². The molecule has 1 aliphatic rings. The molecule has 0 N–H and O–H groups in total. The predicted octanol–water partition coefficient (Wildman–Crippen LogP) is 3.45. The van der Waals surface area contributed by atoms with Crippen LogP contribution in [0.15, 0.2) is 48.5 Å². The second-order valence-electron chi connectivity index (χ2n) is 4.29. The standard InChI is InChI=1S/C16H11FO3/c17-12-7-4-11(5-8-12)6-9-14(18)13-2-1-3-15-16(13)20-10-19-15/h1-9H,10H2. The molecular formula is C16H11FO3. The largest absolute Gasteiger partial charge is 0.454 e. The number of allylic oxidation sites excluding steroid dienone is 1. The number of halogens is 1. The van der Waals surface area contributed by atoms with Crippen LogP contribution >= 0.6 is 0 Å². The minimum atomic E-state index is -0.306. The third-order valence-electron chi connectivity index (χ3n) is 2.96. The lowest BCUT2D eigenvalue weighted by Gasteiger charge is -2.01. The quantitative estimate of drug-likeness (QED) is 0.633. The molecule has 0 bridgehead atoms. The highest BCUT2D eigenvalue weighted by atomic mass is 19.1. The van der Waals surface area contributed by atoms with Gasteiger partial charge in [0.25, 0.3) is 0 Å². The molecule has 3 nitrogen and oxygen atoms in total. The molecule has 0 saturated carbocycles. The van der Waals surface area contributed by atoms with Gasteiger partial charge in [-0.25, -0.2) is 4.39 Å². The van der Waals surface area contributed by atoms with Gasteiger partial charge in [-0.05, 0) is 35.9 Å². The Balaban J connectivity index is 1.83. The number of para-hydroxylation sites is 1. The van der Waals surface area contributed by atoms with Crippen LogP contribution in [0.5, 0.6) is 11.5 Å². The molecular weight excluding hydrogens is 259 g/mol. The van der Waals surface area contributed by atoms with E-state index in [2.05, 4.69) is 0 Å².